The molecule has 2 heterocycles. The van der Waals surface area contributed by atoms with E-state index >= 15 is 0 Å². The number of hydrogen-bond acceptors (Lipinski definition) is 4. The maximum Gasteiger partial charge on any atom is 0.242 e. The van der Waals surface area contributed by atoms with Crippen molar-refractivity contribution in [2.24, 2.45) is 0 Å². The van der Waals surface area contributed by atoms with Crippen LogP contribution in [-0.4, -0.2) is 51.2 Å². The maximum atomic E-state index is 12.4. The monoisotopic (exact) mass is 296 g/mol. The number of carbonyl (C=O) groups is 1. The molecular formula is C14H24N4OS. The van der Waals surface area contributed by atoms with Crippen molar-refractivity contribution in [2.45, 2.75) is 39.3 Å². The summed E-state index contributed by atoms with van der Waals surface area (Å²) in [5.74, 6) is 3.08. The molecule has 1 saturated heterocycles. The molecule has 0 spiro atoms. The van der Waals surface area contributed by atoms with Crippen molar-refractivity contribution in [3.05, 3.63) is 12.3 Å². The number of hydrogen-bond donors (Lipinski definition) is 1. The molecule has 1 fully saturated rings. The van der Waals surface area contributed by atoms with Crippen LogP contribution in [-0.2, 0) is 4.79 Å². The van der Waals surface area contributed by atoms with Gasteiger partial charge in [-0.1, -0.05) is 6.92 Å². The fourth-order valence-electron chi connectivity index (χ4n) is 2.30. The number of thioether (sulfide) groups is 1. The van der Waals surface area contributed by atoms with Crippen LogP contribution >= 0.6 is 11.8 Å². The molecule has 1 aliphatic heterocycles. The molecule has 2 unspecified atom stereocenters. The zero-order valence-corrected chi connectivity index (χ0v) is 13.3. The molecule has 20 heavy (non-hydrogen) atoms. The topological polar surface area (TPSA) is 50.2 Å². The number of rotatable bonds is 5. The van der Waals surface area contributed by atoms with E-state index in [9.17, 15) is 4.79 Å². The highest BCUT2D eigenvalue weighted by Crippen LogP contribution is 2.18. The summed E-state index contributed by atoms with van der Waals surface area (Å²) in [5, 5.41) is 7.31. The van der Waals surface area contributed by atoms with Gasteiger partial charge in [0, 0.05) is 30.7 Å². The molecule has 2 rings (SSSR count). The predicted molar refractivity (Wildman–Crippen MR) is 84.2 cm³/mol. The van der Waals surface area contributed by atoms with E-state index in [0.717, 1.165) is 36.8 Å². The van der Waals surface area contributed by atoms with Crippen LogP contribution in [0.5, 0.6) is 0 Å². The van der Waals surface area contributed by atoms with Crippen molar-refractivity contribution >= 4 is 23.5 Å². The summed E-state index contributed by atoms with van der Waals surface area (Å²) in [4.78, 5) is 14.6. The summed E-state index contributed by atoms with van der Waals surface area (Å²) in [6.07, 6.45) is 2.73. The lowest BCUT2D eigenvalue weighted by Gasteiger charge is -2.31. The minimum absolute atomic E-state index is 0.0574. The van der Waals surface area contributed by atoms with Crippen LogP contribution in [0.3, 0.4) is 0 Å². The van der Waals surface area contributed by atoms with E-state index in [1.54, 1.807) is 6.20 Å². The lowest BCUT2D eigenvalue weighted by atomic mass is 10.2. The Labute approximate surface area is 125 Å². The molecule has 112 valence electrons. The third kappa shape index (κ3) is 3.55. The SMILES string of the molecule is CCC(C)n1nccc1NC(=O)C(C)N1CCSCC1. The molecular weight excluding hydrogens is 272 g/mol. The van der Waals surface area contributed by atoms with Gasteiger partial charge in [-0.15, -0.1) is 0 Å². The van der Waals surface area contributed by atoms with Gasteiger partial charge < -0.3 is 5.32 Å². The highest BCUT2D eigenvalue weighted by atomic mass is 32.2. The molecule has 6 heteroatoms. The van der Waals surface area contributed by atoms with Crippen LogP contribution in [0.25, 0.3) is 0 Å². The highest BCUT2D eigenvalue weighted by molar-refractivity contribution is 7.99. The number of anilines is 1. The quantitative estimate of drug-likeness (QED) is 0.905. The molecule has 0 saturated carbocycles. The first-order valence-electron chi connectivity index (χ1n) is 7.29. The Bertz CT molecular complexity index is 442. The predicted octanol–water partition coefficient (Wildman–Crippen LogP) is 2.23. The van der Waals surface area contributed by atoms with E-state index in [1.807, 2.05) is 29.4 Å². The van der Waals surface area contributed by atoms with Crippen molar-refractivity contribution < 1.29 is 4.79 Å². The van der Waals surface area contributed by atoms with Crippen LogP contribution in [0.2, 0.25) is 0 Å². The minimum atomic E-state index is -0.0869. The smallest absolute Gasteiger partial charge is 0.242 e. The zero-order valence-electron chi connectivity index (χ0n) is 12.5. The molecule has 0 aliphatic carbocycles. The molecule has 1 N–H and O–H groups in total. The fraction of sp³-hybridized carbons (Fsp3) is 0.714. The second-order valence-corrected chi connectivity index (χ2v) is 6.46. The van der Waals surface area contributed by atoms with Gasteiger partial charge in [-0.2, -0.15) is 16.9 Å². The summed E-state index contributed by atoms with van der Waals surface area (Å²) in [7, 11) is 0. The molecule has 2 atom stereocenters. The van der Waals surface area contributed by atoms with Gasteiger partial charge in [0.1, 0.15) is 5.82 Å². The highest BCUT2D eigenvalue weighted by Gasteiger charge is 2.24. The van der Waals surface area contributed by atoms with Crippen molar-refractivity contribution in [1.29, 1.82) is 0 Å². The minimum Gasteiger partial charge on any atom is -0.310 e. The lowest BCUT2D eigenvalue weighted by molar-refractivity contribution is -0.120. The van der Waals surface area contributed by atoms with Crippen LogP contribution in [0.15, 0.2) is 12.3 Å². The van der Waals surface area contributed by atoms with Crippen LogP contribution in [0.1, 0.15) is 33.2 Å². The normalized spacial score (nSPS) is 19.6. The first kappa shape index (κ1) is 15.4. The van der Waals surface area contributed by atoms with E-state index in [0.29, 0.717) is 6.04 Å². The summed E-state index contributed by atoms with van der Waals surface area (Å²) < 4.78 is 1.89. The number of nitrogens with one attached hydrogen (secondary N) is 1. The van der Waals surface area contributed by atoms with Crippen molar-refractivity contribution in [1.82, 2.24) is 14.7 Å². The average molecular weight is 296 g/mol. The van der Waals surface area contributed by atoms with E-state index < -0.39 is 0 Å². The fourth-order valence-corrected chi connectivity index (χ4v) is 3.23. The molecule has 1 aliphatic rings. The van der Waals surface area contributed by atoms with E-state index in [2.05, 4.69) is 29.2 Å². The van der Waals surface area contributed by atoms with Gasteiger partial charge in [-0.3, -0.25) is 9.69 Å². The van der Waals surface area contributed by atoms with E-state index in [-0.39, 0.29) is 11.9 Å². The standard InChI is InChI=1S/C14H24N4OS/c1-4-11(2)18-13(5-6-15-18)16-14(19)12(3)17-7-9-20-10-8-17/h5-6,11-12H,4,7-10H2,1-3H3,(H,16,19). The first-order valence-corrected chi connectivity index (χ1v) is 8.45. The van der Waals surface area contributed by atoms with E-state index in [4.69, 9.17) is 0 Å². The first-order chi connectivity index (χ1) is 9.63. The molecule has 1 aromatic heterocycles. The molecule has 1 aromatic rings. The van der Waals surface area contributed by atoms with Gasteiger partial charge in [0.2, 0.25) is 5.91 Å². The number of amides is 1. The molecule has 1 amide bonds. The van der Waals surface area contributed by atoms with Gasteiger partial charge in [-0.25, -0.2) is 4.68 Å². The van der Waals surface area contributed by atoms with E-state index in [1.165, 1.54) is 0 Å². The average Bonchev–Trinajstić information content (AvgIpc) is 2.94. The number of nitrogens with zero attached hydrogens (tertiary/aromatic N) is 3. The lowest BCUT2D eigenvalue weighted by Crippen LogP contribution is -2.46. The Hall–Kier alpha value is -1.01. The van der Waals surface area contributed by atoms with Gasteiger partial charge in [0.25, 0.3) is 0 Å². The summed E-state index contributed by atoms with van der Waals surface area (Å²) >= 11 is 1.95. The molecule has 0 radical (unpaired) electrons. The van der Waals surface area contributed by atoms with Crippen LogP contribution in [0, 0.1) is 0 Å². The second kappa shape index (κ2) is 7.13. The van der Waals surface area contributed by atoms with Gasteiger partial charge in [0.15, 0.2) is 0 Å². The van der Waals surface area contributed by atoms with Gasteiger partial charge in [-0.05, 0) is 20.3 Å². The molecule has 0 aromatic carbocycles. The largest absolute Gasteiger partial charge is 0.310 e. The second-order valence-electron chi connectivity index (χ2n) is 5.23. The Morgan fingerprint density at radius 1 is 1.45 bits per heavy atom. The summed E-state index contributed by atoms with van der Waals surface area (Å²) in [6, 6.07) is 2.07. The maximum absolute atomic E-state index is 12.4. The van der Waals surface area contributed by atoms with Crippen LogP contribution in [0.4, 0.5) is 5.82 Å². The zero-order chi connectivity index (χ0) is 14.5. The number of carbonyl (C=O) groups excluding carboxylic acids is 1. The Morgan fingerprint density at radius 3 is 2.80 bits per heavy atom. The van der Waals surface area contributed by atoms with Gasteiger partial charge >= 0.3 is 0 Å². The van der Waals surface area contributed by atoms with Crippen molar-refractivity contribution in [3.63, 3.8) is 0 Å². The summed E-state index contributed by atoms with van der Waals surface area (Å²) in [5.41, 5.74) is 0. The third-order valence-corrected chi connectivity index (χ3v) is 4.85. The Morgan fingerprint density at radius 2 is 2.15 bits per heavy atom. The van der Waals surface area contributed by atoms with Crippen LogP contribution < -0.4 is 5.32 Å². The van der Waals surface area contributed by atoms with Crippen molar-refractivity contribution in [3.8, 4) is 0 Å². The number of aromatic nitrogens is 2. The Balaban J connectivity index is 1.98. The van der Waals surface area contributed by atoms with Crippen molar-refractivity contribution in [2.75, 3.05) is 29.9 Å². The molecule has 0 bridgehead atoms. The molecule has 5 nitrogen and oxygen atoms in total. The Kier molecular flexibility index (Phi) is 5.48. The van der Waals surface area contributed by atoms with Gasteiger partial charge in [0.05, 0.1) is 18.3 Å². The third-order valence-electron chi connectivity index (χ3n) is 3.90. The summed E-state index contributed by atoms with van der Waals surface area (Å²) in [6.45, 7) is 8.18.